The smallest absolute Gasteiger partial charge is 0.241 e. The summed E-state index contributed by atoms with van der Waals surface area (Å²) < 4.78 is 34.8. The molecule has 0 aliphatic heterocycles. The Kier molecular flexibility index (Phi) is 7.51. The maximum Gasteiger partial charge on any atom is 0.241 e. The number of ether oxygens (including phenoxy) is 1. The molecule has 4 rings (SSSR count). The van der Waals surface area contributed by atoms with E-state index in [1.165, 1.54) is 12.1 Å². The van der Waals surface area contributed by atoms with Crippen molar-refractivity contribution in [1.29, 1.82) is 0 Å². The predicted octanol–water partition coefficient (Wildman–Crippen LogP) is 3.30. The number of hydrogen-bond donors (Lipinski definition) is 2. The van der Waals surface area contributed by atoms with E-state index in [9.17, 15) is 13.2 Å². The standard InChI is InChI=1S/C25H28N6O4S/c1-4-30(5-2)23(32)17-28-36(33,34)21-12-8-19(9-13-21)29-24-25-27-16-22(31(25)15-14-26-24)18-6-10-20(35-3)11-7-18/h6-16,28H,4-5,17H2,1-3H3,(H,26,29). The van der Waals surface area contributed by atoms with E-state index >= 15 is 0 Å². The van der Waals surface area contributed by atoms with Gasteiger partial charge < -0.3 is 15.0 Å². The quantitative estimate of drug-likeness (QED) is 0.337. The number of methoxy groups -OCH3 is 1. The summed E-state index contributed by atoms with van der Waals surface area (Å²) in [7, 11) is -2.20. The number of hydrogen-bond acceptors (Lipinski definition) is 7. The first kappa shape index (κ1) is 25.1. The molecule has 11 heteroatoms. The van der Waals surface area contributed by atoms with E-state index in [1.54, 1.807) is 36.5 Å². The number of imidazole rings is 1. The monoisotopic (exact) mass is 508 g/mol. The number of rotatable bonds is 10. The minimum Gasteiger partial charge on any atom is -0.497 e. The van der Waals surface area contributed by atoms with E-state index in [1.807, 2.05) is 48.7 Å². The van der Waals surface area contributed by atoms with Gasteiger partial charge in [-0.15, -0.1) is 0 Å². The second kappa shape index (κ2) is 10.8. The number of nitrogens with one attached hydrogen (secondary N) is 2. The fourth-order valence-electron chi connectivity index (χ4n) is 3.77. The van der Waals surface area contributed by atoms with Crippen molar-refractivity contribution in [3.05, 3.63) is 67.1 Å². The highest BCUT2D eigenvalue weighted by molar-refractivity contribution is 7.89. The highest BCUT2D eigenvalue weighted by atomic mass is 32.2. The van der Waals surface area contributed by atoms with Crippen molar-refractivity contribution in [1.82, 2.24) is 24.0 Å². The van der Waals surface area contributed by atoms with Crippen molar-refractivity contribution in [3.63, 3.8) is 0 Å². The molecule has 0 aliphatic rings. The van der Waals surface area contributed by atoms with Crippen molar-refractivity contribution in [2.24, 2.45) is 0 Å². The third kappa shape index (κ3) is 5.31. The molecule has 4 aromatic rings. The number of fused-ring (bicyclic) bond motifs is 1. The summed E-state index contributed by atoms with van der Waals surface area (Å²) in [6, 6.07) is 13.9. The van der Waals surface area contributed by atoms with Crippen LogP contribution in [0.2, 0.25) is 0 Å². The van der Waals surface area contributed by atoms with Gasteiger partial charge in [0.25, 0.3) is 0 Å². The van der Waals surface area contributed by atoms with Gasteiger partial charge in [-0.05, 0) is 62.4 Å². The number of likely N-dealkylation sites (N-methyl/N-ethyl adjacent to an activating group) is 1. The highest BCUT2D eigenvalue weighted by Gasteiger charge is 2.18. The fraction of sp³-hybridized carbons (Fsp3) is 0.240. The van der Waals surface area contributed by atoms with Crippen LogP contribution in [0.5, 0.6) is 5.75 Å². The zero-order valence-corrected chi connectivity index (χ0v) is 21.1. The van der Waals surface area contributed by atoms with Crippen molar-refractivity contribution in [2.75, 3.05) is 32.1 Å². The van der Waals surface area contributed by atoms with Crippen molar-refractivity contribution in [3.8, 4) is 17.0 Å². The SMILES string of the molecule is CCN(CC)C(=O)CNS(=O)(=O)c1ccc(Nc2nccn3c(-c4ccc(OC)cc4)cnc23)cc1. The average molecular weight is 509 g/mol. The van der Waals surface area contributed by atoms with Gasteiger partial charge in [0.15, 0.2) is 11.5 Å². The number of anilines is 2. The van der Waals surface area contributed by atoms with Crippen LogP contribution in [0.4, 0.5) is 11.5 Å². The molecule has 0 radical (unpaired) electrons. The molecule has 1 amide bonds. The van der Waals surface area contributed by atoms with Crippen LogP contribution in [0.25, 0.3) is 16.9 Å². The second-order valence-corrected chi connectivity index (χ2v) is 9.65. The Hall–Kier alpha value is -3.96. The highest BCUT2D eigenvalue weighted by Crippen LogP contribution is 2.27. The van der Waals surface area contributed by atoms with E-state index < -0.39 is 10.0 Å². The third-order valence-electron chi connectivity index (χ3n) is 5.77. The van der Waals surface area contributed by atoms with E-state index in [0.29, 0.717) is 30.2 Å². The number of carbonyl (C=O) groups is 1. The van der Waals surface area contributed by atoms with Gasteiger partial charge in [0, 0.05) is 36.7 Å². The molecular formula is C25H28N6O4S. The Morgan fingerprint density at radius 3 is 2.36 bits per heavy atom. The number of nitrogens with zero attached hydrogens (tertiary/aromatic N) is 4. The third-order valence-corrected chi connectivity index (χ3v) is 7.19. The lowest BCUT2D eigenvalue weighted by molar-refractivity contribution is -0.129. The molecule has 0 atom stereocenters. The summed E-state index contributed by atoms with van der Waals surface area (Å²) in [4.78, 5) is 22.7. The molecule has 2 heterocycles. The number of sulfonamides is 1. The molecule has 0 bridgehead atoms. The maximum absolute atomic E-state index is 12.6. The number of carbonyl (C=O) groups excluding carboxylic acids is 1. The van der Waals surface area contributed by atoms with Gasteiger partial charge in [0.2, 0.25) is 15.9 Å². The number of benzene rings is 2. The zero-order chi connectivity index (χ0) is 25.7. The van der Waals surface area contributed by atoms with Crippen LogP contribution >= 0.6 is 0 Å². The molecule has 0 unspecified atom stereocenters. The molecule has 36 heavy (non-hydrogen) atoms. The molecule has 0 saturated heterocycles. The van der Waals surface area contributed by atoms with Gasteiger partial charge in [0.05, 0.1) is 30.4 Å². The van der Waals surface area contributed by atoms with Crippen molar-refractivity contribution >= 4 is 33.1 Å². The molecular weight excluding hydrogens is 480 g/mol. The van der Waals surface area contributed by atoms with Gasteiger partial charge in [-0.25, -0.2) is 23.1 Å². The summed E-state index contributed by atoms with van der Waals surface area (Å²) >= 11 is 0. The largest absolute Gasteiger partial charge is 0.497 e. The first-order valence-corrected chi connectivity index (χ1v) is 13.0. The van der Waals surface area contributed by atoms with E-state index in [4.69, 9.17) is 4.74 Å². The summed E-state index contributed by atoms with van der Waals surface area (Å²) in [6.07, 6.45) is 5.26. The van der Waals surface area contributed by atoms with Gasteiger partial charge in [-0.3, -0.25) is 9.20 Å². The first-order chi connectivity index (χ1) is 17.4. The lowest BCUT2D eigenvalue weighted by Gasteiger charge is -2.18. The van der Waals surface area contributed by atoms with Crippen LogP contribution < -0.4 is 14.8 Å². The minimum atomic E-state index is -3.83. The normalized spacial score (nSPS) is 11.4. The van der Waals surface area contributed by atoms with Gasteiger partial charge >= 0.3 is 0 Å². The molecule has 0 saturated carbocycles. The number of amides is 1. The van der Waals surface area contributed by atoms with E-state index in [-0.39, 0.29) is 17.3 Å². The molecule has 2 aromatic heterocycles. The fourth-order valence-corrected chi connectivity index (χ4v) is 4.74. The van der Waals surface area contributed by atoms with Crippen molar-refractivity contribution < 1.29 is 17.9 Å². The van der Waals surface area contributed by atoms with Crippen molar-refractivity contribution in [2.45, 2.75) is 18.7 Å². The molecule has 2 aromatic carbocycles. The second-order valence-electron chi connectivity index (χ2n) is 7.88. The lowest BCUT2D eigenvalue weighted by atomic mass is 10.1. The van der Waals surface area contributed by atoms with Crippen LogP contribution in [-0.2, 0) is 14.8 Å². The molecule has 2 N–H and O–H groups in total. The first-order valence-electron chi connectivity index (χ1n) is 11.5. The Bertz CT molecular complexity index is 1450. The molecule has 0 fully saturated rings. The van der Waals surface area contributed by atoms with Gasteiger partial charge in [-0.2, -0.15) is 0 Å². The van der Waals surface area contributed by atoms with E-state index in [0.717, 1.165) is 17.0 Å². The summed E-state index contributed by atoms with van der Waals surface area (Å²) in [6.45, 7) is 4.46. The Morgan fingerprint density at radius 1 is 1.03 bits per heavy atom. The molecule has 10 nitrogen and oxygen atoms in total. The molecule has 0 aliphatic carbocycles. The average Bonchev–Trinajstić information content (AvgIpc) is 3.34. The van der Waals surface area contributed by atoms with Crippen LogP contribution in [-0.4, -0.2) is 60.3 Å². The Labute approximate surface area is 210 Å². The van der Waals surface area contributed by atoms with Gasteiger partial charge in [0.1, 0.15) is 5.75 Å². The summed E-state index contributed by atoms with van der Waals surface area (Å²) in [5, 5.41) is 3.20. The molecule has 0 spiro atoms. The lowest BCUT2D eigenvalue weighted by Crippen LogP contribution is -2.39. The van der Waals surface area contributed by atoms with Crippen LogP contribution in [0, 0.1) is 0 Å². The van der Waals surface area contributed by atoms with Crippen LogP contribution in [0.3, 0.4) is 0 Å². The maximum atomic E-state index is 12.6. The zero-order valence-electron chi connectivity index (χ0n) is 20.3. The van der Waals surface area contributed by atoms with Crippen LogP contribution in [0.15, 0.2) is 72.0 Å². The minimum absolute atomic E-state index is 0.0640. The predicted molar refractivity (Wildman–Crippen MR) is 138 cm³/mol. The number of aromatic nitrogens is 3. The van der Waals surface area contributed by atoms with Crippen LogP contribution in [0.1, 0.15) is 13.8 Å². The van der Waals surface area contributed by atoms with E-state index in [2.05, 4.69) is 20.0 Å². The Morgan fingerprint density at radius 2 is 1.72 bits per heavy atom. The Balaban J connectivity index is 1.50. The molecule has 188 valence electrons. The topological polar surface area (TPSA) is 118 Å². The summed E-state index contributed by atoms with van der Waals surface area (Å²) in [5.74, 6) is 1.03. The summed E-state index contributed by atoms with van der Waals surface area (Å²) in [5.41, 5.74) is 3.13. The van der Waals surface area contributed by atoms with Gasteiger partial charge in [-0.1, -0.05) is 0 Å².